The number of aryl methyl sites for hydroxylation is 1. The molecule has 0 atom stereocenters. The van der Waals surface area contributed by atoms with Crippen molar-refractivity contribution in [2.75, 3.05) is 0 Å². The summed E-state index contributed by atoms with van der Waals surface area (Å²) in [6.45, 7) is 15.0. The van der Waals surface area contributed by atoms with Gasteiger partial charge in [0.25, 0.3) is 11.2 Å². The van der Waals surface area contributed by atoms with Crippen molar-refractivity contribution in [3.63, 3.8) is 0 Å². The zero-order valence-corrected chi connectivity index (χ0v) is 16.1. The summed E-state index contributed by atoms with van der Waals surface area (Å²) in [6.07, 6.45) is 0. The van der Waals surface area contributed by atoms with Crippen LogP contribution < -0.4 is 5.56 Å². The van der Waals surface area contributed by atoms with Gasteiger partial charge in [-0.3, -0.25) is 15.0 Å². The number of aliphatic hydroxyl groups excluding tert-OH is 1. The number of hydrogen-bond acceptors (Lipinski definition) is 5. The predicted molar refractivity (Wildman–Crippen MR) is 105 cm³/mol. The lowest BCUT2D eigenvalue weighted by molar-refractivity contribution is 0.282. The molecule has 0 aliphatic carbocycles. The quantitative estimate of drug-likeness (QED) is 0.471. The van der Waals surface area contributed by atoms with E-state index in [0.29, 0.717) is 22.8 Å². The lowest BCUT2D eigenvalue weighted by atomic mass is 9.91. The second kappa shape index (κ2) is 7.25. The van der Waals surface area contributed by atoms with Crippen molar-refractivity contribution < 1.29 is 5.11 Å². The number of azo groups is 1. The molecule has 3 rings (SSSR count). The molecule has 0 saturated carbocycles. The van der Waals surface area contributed by atoms with E-state index in [-0.39, 0.29) is 29.1 Å². The van der Waals surface area contributed by atoms with Gasteiger partial charge in [-0.05, 0) is 30.0 Å². The number of nitrogens with one attached hydrogen (secondary N) is 2. The van der Waals surface area contributed by atoms with Gasteiger partial charge in [-0.1, -0.05) is 32.9 Å². The zero-order chi connectivity index (χ0) is 20.5. The van der Waals surface area contributed by atoms with Crippen LogP contribution in [0, 0.1) is 13.5 Å². The van der Waals surface area contributed by atoms with Crippen LogP contribution in [0.15, 0.2) is 39.3 Å². The van der Waals surface area contributed by atoms with Crippen LogP contribution in [0.2, 0.25) is 0 Å². The van der Waals surface area contributed by atoms with Crippen molar-refractivity contribution in [2.45, 2.75) is 39.7 Å². The molecule has 9 heteroatoms. The fraction of sp³-hybridized carbons (Fsp3) is 0.316. The van der Waals surface area contributed by atoms with Crippen molar-refractivity contribution in [1.29, 1.82) is 0 Å². The Morgan fingerprint density at radius 1 is 1.25 bits per heavy atom. The van der Waals surface area contributed by atoms with E-state index in [1.165, 1.54) is 4.68 Å². The van der Waals surface area contributed by atoms with E-state index < -0.39 is 0 Å². The van der Waals surface area contributed by atoms with Gasteiger partial charge in [0.05, 0.1) is 24.6 Å². The minimum atomic E-state index is -0.367. The molecule has 3 N–H and O–H groups in total. The molecular weight excluding hydrogens is 358 g/mol. The molecule has 9 nitrogen and oxygen atoms in total. The van der Waals surface area contributed by atoms with Gasteiger partial charge >= 0.3 is 0 Å². The van der Waals surface area contributed by atoms with Gasteiger partial charge in [-0.2, -0.15) is 5.10 Å². The van der Waals surface area contributed by atoms with Crippen LogP contribution in [0.1, 0.15) is 37.7 Å². The highest BCUT2D eigenvalue weighted by atomic mass is 16.3. The first kappa shape index (κ1) is 19.3. The van der Waals surface area contributed by atoms with E-state index in [0.717, 1.165) is 5.56 Å². The number of rotatable bonds is 4. The van der Waals surface area contributed by atoms with E-state index in [9.17, 15) is 4.79 Å². The summed E-state index contributed by atoms with van der Waals surface area (Å²) in [5, 5.41) is 27.1. The van der Waals surface area contributed by atoms with Gasteiger partial charge in [0.2, 0.25) is 5.82 Å². The maximum Gasteiger partial charge on any atom is 0.299 e. The van der Waals surface area contributed by atoms with Crippen LogP contribution in [-0.2, 0) is 12.0 Å². The van der Waals surface area contributed by atoms with Crippen LogP contribution in [0.5, 0.6) is 0 Å². The van der Waals surface area contributed by atoms with Gasteiger partial charge in [-0.15, -0.1) is 10.2 Å². The SMILES string of the molecule is [C-]#[N+]c1c(N=Nc2c(C)[nH]n(-c3ccc(CO)cc3)c2=O)n[nH]c1C(C)(C)C. The Morgan fingerprint density at radius 2 is 1.93 bits per heavy atom. The number of aromatic amines is 2. The van der Waals surface area contributed by atoms with Crippen LogP contribution >= 0.6 is 0 Å². The normalized spacial score (nSPS) is 11.9. The molecule has 0 aliphatic heterocycles. The van der Waals surface area contributed by atoms with Crippen LogP contribution in [0.4, 0.5) is 17.2 Å². The maximum absolute atomic E-state index is 12.7. The summed E-state index contributed by atoms with van der Waals surface area (Å²) < 4.78 is 1.35. The molecule has 144 valence electrons. The van der Waals surface area contributed by atoms with Gasteiger partial charge in [0, 0.05) is 5.69 Å². The number of nitrogens with zero attached hydrogens (tertiary/aromatic N) is 5. The second-order valence-corrected chi connectivity index (χ2v) is 7.38. The van der Waals surface area contributed by atoms with Crippen LogP contribution in [0.25, 0.3) is 10.5 Å². The van der Waals surface area contributed by atoms with E-state index in [1.54, 1.807) is 31.2 Å². The van der Waals surface area contributed by atoms with E-state index in [2.05, 4.69) is 30.4 Å². The van der Waals surface area contributed by atoms with Gasteiger partial charge in [0.15, 0.2) is 5.69 Å². The Labute approximate surface area is 161 Å². The fourth-order valence-corrected chi connectivity index (χ4v) is 2.71. The van der Waals surface area contributed by atoms with Gasteiger partial charge in [0.1, 0.15) is 0 Å². The average Bonchev–Trinajstić information content (AvgIpc) is 3.20. The number of H-pyrrole nitrogens is 2. The molecule has 0 fully saturated rings. The Balaban J connectivity index is 1.98. The zero-order valence-electron chi connectivity index (χ0n) is 16.1. The number of benzene rings is 1. The molecule has 1 aromatic carbocycles. The first-order valence-corrected chi connectivity index (χ1v) is 8.66. The molecule has 28 heavy (non-hydrogen) atoms. The summed E-state index contributed by atoms with van der Waals surface area (Å²) in [5.74, 6) is 0.152. The largest absolute Gasteiger partial charge is 0.392 e. The average molecular weight is 379 g/mol. The van der Waals surface area contributed by atoms with Crippen molar-refractivity contribution in [3.05, 3.63) is 63.0 Å². The summed E-state index contributed by atoms with van der Waals surface area (Å²) in [5.41, 5.74) is 2.35. The minimum Gasteiger partial charge on any atom is -0.392 e. The minimum absolute atomic E-state index is 0.0675. The molecule has 0 bridgehead atoms. The van der Waals surface area contributed by atoms with Crippen molar-refractivity contribution in [1.82, 2.24) is 20.0 Å². The number of hydrogen-bond donors (Lipinski definition) is 3. The highest BCUT2D eigenvalue weighted by Gasteiger charge is 2.24. The first-order chi connectivity index (χ1) is 13.3. The standard InChI is InChI=1S/C19H21N7O2/c1-11-14(18(28)26(25-11)13-8-6-12(10-27)7-9-13)21-23-17-15(20-5)16(22-24-17)19(2,3)4/h6-9,25,27H,10H2,1-4H3,(H,22,24). The maximum atomic E-state index is 12.7. The van der Waals surface area contributed by atoms with Crippen LogP contribution in [0.3, 0.4) is 0 Å². The number of aromatic nitrogens is 4. The van der Waals surface area contributed by atoms with Gasteiger partial charge in [-0.25, -0.2) is 9.53 Å². The fourth-order valence-electron chi connectivity index (χ4n) is 2.71. The second-order valence-electron chi connectivity index (χ2n) is 7.38. The lowest BCUT2D eigenvalue weighted by Gasteiger charge is -2.16. The first-order valence-electron chi connectivity index (χ1n) is 8.66. The van der Waals surface area contributed by atoms with Crippen molar-refractivity contribution >= 4 is 17.2 Å². The predicted octanol–water partition coefficient (Wildman–Crippen LogP) is 3.95. The smallest absolute Gasteiger partial charge is 0.299 e. The van der Waals surface area contributed by atoms with E-state index in [1.807, 2.05) is 20.8 Å². The van der Waals surface area contributed by atoms with E-state index in [4.69, 9.17) is 11.7 Å². The Hall–Kier alpha value is -3.51. The summed E-state index contributed by atoms with van der Waals surface area (Å²) in [6, 6.07) is 6.92. The molecular formula is C19H21N7O2. The third kappa shape index (κ3) is 3.50. The van der Waals surface area contributed by atoms with Gasteiger partial charge < -0.3 is 5.11 Å². The highest BCUT2D eigenvalue weighted by molar-refractivity contribution is 5.66. The molecule has 0 radical (unpaired) electrons. The molecule has 0 spiro atoms. The monoisotopic (exact) mass is 379 g/mol. The third-order valence-electron chi connectivity index (χ3n) is 4.25. The molecule has 0 unspecified atom stereocenters. The molecule has 3 aromatic rings. The van der Waals surface area contributed by atoms with Crippen molar-refractivity contribution in [2.24, 2.45) is 10.2 Å². The molecule has 2 heterocycles. The summed E-state index contributed by atoms with van der Waals surface area (Å²) in [4.78, 5) is 16.2. The number of aliphatic hydroxyl groups is 1. The molecule has 2 aromatic heterocycles. The third-order valence-corrected chi connectivity index (χ3v) is 4.25. The van der Waals surface area contributed by atoms with E-state index >= 15 is 0 Å². The summed E-state index contributed by atoms with van der Waals surface area (Å²) in [7, 11) is 0. The lowest BCUT2D eigenvalue weighted by Crippen LogP contribution is -2.14. The Bertz CT molecular complexity index is 1120. The molecule has 0 amide bonds. The van der Waals surface area contributed by atoms with Crippen molar-refractivity contribution in [3.8, 4) is 5.69 Å². The molecule has 0 aliphatic rings. The van der Waals surface area contributed by atoms with Crippen LogP contribution in [-0.4, -0.2) is 25.1 Å². The Morgan fingerprint density at radius 3 is 2.50 bits per heavy atom. The molecule has 0 saturated heterocycles. The topological polar surface area (TPSA) is 116 Å². The highest BCUT2D eigenvalue weighted by Crippen LogP contribution is 2.37. The summed E-state index contributed by atoms with van der Waals surface area (Å²) >= 11 is 0. The Kier molecular flexibility index (Phi) is 4.98.